The molecule has 0 aliphatic carbocycles. The van der Waals surface area contributed by atoms with E-state index in [2.05, 4.69) is 4.90 Å². The molecule has 1 aliphatic heterocycles. The fourth-order valence-electron chi connectivity index (χ4n) is 2.87. The Morgan fingerprint density at radius 2 is 2.32 bits per heavy atom. The fraction of sp³-hybridized carbons (Fsp3) is 0.600. The molecule has 2 N–H and O–H groups in total. The monoisotopic (exact) mass is 282 g/mol. The number of methoxy groups -OCH3 is 1. The minimum absolute atomic E-state index is 0.729. The first-order valence-electron chi connectivity index (χ1n) is 6.98. The SMILES string of the molecule is COc1cccc(Cl)c1CN1CCCC(CCN)C1. The first kappa shape index (κ1) is 14.6. The van der Waals surface area contributed by atoms with Crippen molar-refractivity contribution >= 4 is 11.6 Å². The van der Waals surface area contributed by atoms with Crippen molar-refractivity contribution in [3.05, 3.63) is 28.8 Å². The van der Waals surface area contributed by atoms with Gasteiger partial charge in [-0.15, -0.1) is 0 Å². The normalized spacial score (nSPS) is 20.5. The number of nitrogens with zero attached hydrogens (tertiary/aromatic N) is 1. The molecule has 106 valence electrons. The standard InChI is InChI=1S/C15H23ClN2O/c1-19-15-6-2-5-14(16)13(15)11-18-9-3-4-12(10-18)7-8-17/h2,5-6,12H,3-4,7-11,17H2,1H3. The summed E-state index contributed by atoms with van der Waals surface area (Å²) < 4.78 is 5.41. The van der Waals surface area contributed by atoms with E-state index in [9.17, 15) is 0 Å². The number of benzene rings is 1. The summed E-state index contributed by atoms with van der Waals surface area (Å²) in [7, 11) is 1.70. The predicted molar refractivity (Wildman–Crippen MR) is 79.7 cm³/mol. The lowest BCUT2D eigenvalue weighted by atomic mass is 9.94. The van der Waals surface area contributed by atoms with E-state index in [4.69, 9.17) is 22.1 Å². The number of likely N-dealkylation sites (tertiary alicyclic amines) is 1. The lowest BCUT2D eigenvalue weighted by Gasteiger charge is -2.33. The summed E-state index contributed by atoms with van der Waals surface area (Å²) in [5.41, 5.74) is 6.76. The van der Waals surface area contributed by atoms with Gasteiger partial charge in [-0.2, -0.15) is 0 Å². The summed E-state index contributed by atoms with van der Waals surface area (Å²) in [5.74, 6) is 1.61. The zero-order valence-corrected chi connectivity index (χ0v) is 12.3. The van der Waals surface area contributed by atoms with Crippen LogP contribution in [0.5, 0.6) is 5.75 Å². The van der Waals surface area contributed by atoms with Gasteiger partial charge in [-0.1, -0.05) is 17.7 Å². The maximum atomic E-state index is 6.30. The zero-order valence-electron chi connectivity index (χ0n) is 11.6. The van der Waals surface area contributed by atoms with Crippen LogP contribution in [-0.2, 0) is 6.54 Å². The average Bonchev–Trinajstić information content (AvgIpc) is 2.42. The summed E-state index contributed by atoms with van der Waals surface area (Å²) in [4.78, 5) is 2.47. The Morgan fingerprint density at radius 1 is 1.47 bits per heavy atom. The number of rotatable bonds is 5. The molecular weight excluding hydrogens is 260 g/mol. The second kappa shape index (κ2) is 7.13. The van der Waals surface area contributed by atoms with Gasteiger partial charge in [-0.05, 0) is 50.4 Å². The Morgan fingerprint density at radius 3 is 3.05 bits per heavy atom. The van der Waals surface area contributed by atoms with Crippen LogP contribution in [0.1, 0.15) is 24.8 Å². The van der Waals surface area contributed by atoms with E-state index in [1.54, 1.807) is 7.11 Å². The Kier molecular flexibility index (Phi) is 5.49. The minimum atomic E-state index is 0.729. The summed E-state index contributed by atoms with van der Waals surface area (Å²) in [6, 6.07) is 5.83. The van der Waals surface area contributed by atoms with Crippen LogP contribution in [0.3, 0.4) is 0 Å². The topological polar surface area (TPSA) is 38.5 Å². The highest BCUT2D eigenvalue weighted by atomic mass is 35.5. The third-order valence-corrected chi connectivity index (χ3v) is 4.21. The molecule has 1 heterocycles. The highest BCUT2D eigenvalue weighted by Gasteiger charge is 2.21. The lowest BCUT2D eigenvalue weighted by molar-refractivity contribution is 0.161. The van der Waals surface area contributed by atoms with Gasteiger partial charge in [0.05, 0.1) is 7.11 Å². The Labute approximate surface area is 120 Å². The zero-order chi connectivity index (χ0) is 13.7. The van der Waals surface area contributed by atoms with E-state index < -0.39 is 0 Å². The van der Waals surface area contributed by atoms with Crippen LogP contribution in [0.25, 0.3) is 0 Å². The van der Waals surface area contributed by atoms with Crippen molar-refractivity contribution in [1.29, 1.82) is 0 Å². The second-order valence-corrected chi connectivity index (χ2v) is 5.65. The summed E-state index contributed by atoms with van der Waals surface area (Å²) in [6.45, 7) is 3.90. The molecule has 0 spiro atoms. The minimum Gasteiger partial charge on any atom is -0.496 e. The van der Waals surface area contributed by atoms with Crippen LogP contribution in [-0.4, -0.2) is 31.6 Å². The van der Waals surface area contributed by atoms with Crippen LogP contribution in [0.2, 0.25) is 5.02 Å². The molecule has 0 amide bonds. The lowest BCUT2D eigenvalue weighted by Crippen LogP contribution is -2.35. The fourth-order valence-corrected chi connectivity index (χ4v) is 3.10. The van der Waals surface area contributed by atoms with Gasteiger partial charge in [-0.3, -0.25) is 4.90 Å². The Hall–Kier alpha value is -0.770. The molecule has 1 fully saturated rings. The molecule has 1 aromatic carbocycles. The van der Waals surface area contributed by atoms with Gasteiger partial charge < -0.3 is 10.5 Å². The van der Waals surface area contributed by atoms with E-state index >= 15 is 0 Å². The van der Waals surface area contributed by atoms with Gasteiger partial charge in [0.1, 0.15) is 5.75 Å². The van der Waals surface area contributed by atoms with Gasteiger partial charge in [0, 0.05) is 23.7 Å². The molecule has 0 saturated carbocycles. The largest absolute Gasteiger partial charge is 0.496 e. The van der Waals surface area contributed by atoms with Crippen molar-refractivity contribution in [2.75, 3.05) is 26.7 Å². The van der Waals surface area contributed by atoms with Gasteiger partial charge in [0.2, 0.25) is 0 Å². The Bertz CT molecular complexity index is 409. The molecule has 0 aromatic heterocycles. The van der Waals surface area contributed by atoms with Crippen molar-refractivity contribution in [3.8, 4) is 5.75 Å². The van der Waals surface area contributed by atoms with Crippen LogP contribution < -0.4 is 10.5 Å². The molecule has 4 heteroatoms. The summed E-state index contributed by atoms with van der Waals surface area (Å²) in [5, 5.41) is 0.792. The van der Waals surface area contributed by atoms with Gasteiger partial charge in [0.15, 0.2) is 0 Å². The van der Waals surface area contributed by atoms with Crippen LogP contribution in [0, 0.1) is 5.92 Å². The smallest absolute Gasteiger partial charge is 0.124 e. The van der Waals surface area contributed by atoms with Crippen molar-refractivity contribution in [2.45, 2.75) is 25.8 Å². The molecular formula is C15H23ClN2O. The van der Waals surface area contributed by atoms with Crippen molar-refractivity contribution in [3.63, 3.8) is 0 Å². The van der Waals surface area contributed by atoms with Crippen molar-refractivity contribution in [2.24, 2.45) is 11.7 Å². The van der Waals surface area contributed by atoms with Crippen molar-refractivity contribution < 1.29 is 4.74 Å². The molecule has 1 unspecified atom stereocenters. The number of nitrogens with two attached hydrogens (primary N) is 1. The van der Waals surface area contributed by atoms with Gasteiger partial charge >= 0.3 is 0 Å². The van der Waals surface area contributed by atoms with Crippen LogP contribution in [0.15, 0.2) is 18.2 Å². The molecule has 19 heavy (non-hydrogen) atoms. The van der Waals surface area contributed by atoms with E-state index in [0.717, 1.165) is 54.9 Å². The highest BCUT2D eigenvalue weighted by Crippen LogP contribution is 2.29. The van der Waals surface area contributed by atoms with E-state index in [1.807, 2.05) is 18.2 Å². The second-order valence-electron chi connectivity index (χ2n) is 5.24. The first-order chi connectivity index (χ1) is 9.24. The maximum Gasteiger partial charge on any atom is 0.124 e. The van der Waals surface area contributed by atoms with Crippen molar-refractivity contribution in [1.82, 2.24) is 4.90 Å². The van der Waals surface area contributed by atoms with Gasteiger partial charge in [0.25, 0.3) is 0 Å². The Balaban J connectivity index is 2.04. The number of hydrogen-bond donors (Lipinski definition) is 1. The molecule has 2 rings (SSSR count). The van der Waals surface area contributed by atoms with Crippen LogP contribution >= 0.6 is 11.6 Å². The van der Waals surface area contributed by atoms with E-state index in [0.29, 0.717) is 0 Å². The van der Waals surface area contributed by atoms with Crippen LogP contribution in [0.4, 0.5) is 0 Å². The molecule has 3 nitrogen and oxygen atoms in total. The molecule has 1 atom stereocenters. The molecule has 0 bridgehead atoms. The van der Waals surface area contributed by atoms with E-state index in [-0.39, 0.29) is 0 Å². The van der Waals surface area contributed by atoms with Gasteiger partial charge in [-0.25, -0.2) is 0 Å². The number of ether oxygens (including phenoxy) is 1. The number of piperidine rings is 1. The molecule has 1 saturated heterocycles. The third-order valence-electron chi connectivity index (χ3n) is 3.86. The first-order valence-corrected chi connectivity index (χ1v) is 7.36. The number of hydrogen-bond acceptors (Lipinski definition) is 3. The highest BCUT2D eigenvalue weighted by molar-refractivity contribution is 6.31. The number of halogens is 1. The summed E-state index contributed by atoms with van der Waals surface area (Å²) >= 11 is 6.30. The maximum absolute atomic E-state index is 6.30. The molecule has 1 aromatic rings. The molecule has 0 radical (unpaired) electrons. The average molecular weight is 283 g/mol. The van der Waals surface area contributed by atoms with E-state index in [1.165, 1.54) is 12.8 Å². The molecule has 1 aliphatic rings. The quantitative estimate of drug-likeness (QED) is 0.902. The third kappa shape index (κ3) is 3.85. The summed E-state index contributed by atoms with van der Waals surface area (Å²) in [6.07, 6.45) is 3.67. The predicted octanol–water partition coefficient (Wildman–Crippen LogP) is 2.91.